The topological polar surface area (TPSA) is 78.9 Å². The van der Waals surface area contributed by atoms with Crippen molar-refractivity contribution >= 4 is 17.9 Å². The summed E-state index contributed by atoms with van der Waals surface area (Å²) in [6.07, 6.45) is 94.0. The lowest BCUT2D eigenvalue weighted by atomic mass is 10.1. The third kappa shape index (κ3) is 61.9. The van der Waals surface area contributed by atoms with Crippen LogP contribution in [0.4, 0.5) is 0 Å². The molecule has 0 aromatic carbocycles. The van der Waals surface area contributed by atoms with E-state index in [1.54, 1.807) is 0 Å². The highest BCUT2D eigenvalue weighted by Gasteiger charge is 2.19. The Labute approximate surface area is 480 Å². The minimum atomic E-state index is -0.814. The predicted octanol–water partition coefficient (Wildman–Crippen LogP) is 21.7. The lowest BCUT2D eigenvalue weighted by Gasteiger charge is -2.18. The van der Waals surface area contributed by atoms with Crippen molar-refractivity contribution in [1.82, 2.24) is 0 Å². The number of hydrogen-bond acceptors (Lipinski definition) is 6. The van der Waals surface area contributed by atoms with Crippen LogP contribution in [-0.4, -0.2) is 37.2 Å². The van der Waals surface area contributed by atoms with Crippen LogP contribution in [0.25, 0.3) is 0 Å². The van der Waals surface area contributed by atoms with Gasteiger partial charge in [0.15, 0.2) is 6.10 Å². The molecule has 0 aromatic rings. The molecule has 6 nitrogen and oxygen atoms in total. The first-order valence-electron chi connectivity index (χ1n) is 31.5. The van der Waals surface area contributed by atoms with Crippen LogP contribution in [-0.2, 0) is 28.6 Å². The second-order valence-corrected chi connectivity index (χ2v) is 20.2. The van der Waals surface area contributed by atoms with Gasteiger partial charge in [-0.25, -0.2) is 0 Å². The number of carbonyl (C=O) groups excluding carboxylic acids is 3. The molecule has 0 rings (SSSR count). The van der Waals surface area contributed by atoms with Crippen LogP contribution in [0, 0.1) is 0 Å². The van der Waals surface area contributed by atoms with E-state index in [-0.39, 0.29) is 37.5 Å². The molecule has 0 aromatic heterocycles. The number of esters is 3. The fraction of sp³-hybridized carbons (Fsp3) is 0.597. The van der Waals surface area contributed by atoms with Crippen molar-refractivity contribution in [2.24, 2.45) is 0 Å². The van der Waals surface area contributed by atoms with Gasteiger partial charge >= 0.3 is 17.9 Å². The minimum absolute atomic E-state index is 0.107. The van der Waals surface area contributed by atoms with E-state index in [2.05, 4.69) is 179 Å². The van der Waals surface area contributed by atoms with Gasteiger partial charge in [-0.15, -0.1) is 0 Å². The first-order valence-corrected chi connectivity index (χ1v) is 31.5. The van der Waals surface area contributed by atoms with E-state index in [4.69, 9.17) is 14.2 Å². The molecular formula is C72H114O6. The molecule has 0 spiro atoms. The van der Waals surface area contributed by atoms with E-state index < -0.39 is 6.10 Å². The maximum Gasteiger partial charge on any atom is 0.306 e. The van der Waals surface area contributed by atoms with Gasteiger partial charge in [0.25, 0.3) is 0 Å². The smallest absolute Gasteiger partial charge is 0.306 e. The van der Waals surface area contributed by atoms with Crippen molar-refractivity contribution in [3.8, 4) is 0 Å². The minimum Gasteiger partial charge on any atom is -0.462 e. The molecule has 0 aliphatic rings. The van der Waals surface area contributed by atoms with Crippen LogP contribution >= 0.6 is 0 Å². The molecule has 0 heterocycles. The van der Waals surface area contributed by atoms with Crippen molar-refractivity contribution < 1.29 is 28.6 Å². The first kappa shape index (κ1) is 73.0. The summed E-state index contributed by atoms with van der Waals surface area (Å²) in [5.74, 6) is -0.970. The second kappa shape index (κ2) is 64.6. The average Bonchev–Trinajstić information content (AvgIpc) is 3.44. The quantitative estimate of drug-likeness (QED) is 0.0261. The summed E-state index contributed by atoms with van der Waals surface area (Å²) >= 11 is 0. The molecule has 6 heteroatoms. The molecule has 0 bridgehead atoms. The number of hydrogen-bond donors (Lipinski definition) is 0. The maximum atomic E-state index is 12.9. The zero-order valence-corrected chi connectivity index (χ0v) is 50.1. The predicted molar refractivity (Wildman–Crippen MR) is 338 cm³/mol. The summed E-state index contributed by atoms with van der Waals surface area (Å²) in [6, 6.07) is 0. The van der Waals surface area contributed by atoms with Crippen molar-refractivity contribution in [3.05, 3.63) is 158 Å². The summed E-state index contributed by atoms with van der Waals surface area (Å²) in [6.45, 7) is 6.29. The number of allylic oxidation sites excluding steroid dienone is 26. The van der Waals surface area contributed by atoms with E-state index in [0.29, 0.717) is 19.3 Å². The van der Waals surface area contributed by atoms with Gasteiger partial charge in [-0.1, -0.05) is 256 Å². The van der Waals surface area contributed by atoms with Crippen molar-refractivity contribution in [1.29, 1.82) is 0 Å². The van der Waals surface area contributed by atoms with Gasteiger partial charge in [-0.05, 0) is 141 Å². The Morgan fingerprint density at radius 1 is 0.269 bits per heavy atom. The Hall–Kier alpha value is -4.97. The largest absolute Gasteiger partial charge is 0.462 e. The van der Waals surface area contributed by atoms with Gasteiger partial charge in [0.05, 0.1) is 0 Å². The van der Waals surface area contributed by atoms with Crippen LogP contribution < -0.4 is 0 Å². The SMILES string of the molecule is CC/C=C\C/C=C\C/C=C\C/C=C\C/C=C\C/C=C\CCCCCCCCCCCCC(=O)OCC(COC(=O)CCCCCCC/C=C\CCC)OC(=O)CCCC/C=C\C/C=C\C/C=C\C/C=C\C/C=C\C/C=C\CC. The summed E-state index contributed by atoms with van der Waals surface area (Å²) in [5.41, 5.74) is 0. The fourth-order valence-electron chi connectivity index (χ4n) is 8.10. The molecule has 78 heavy (non-hydrogen) atoms. The standard InChI is InChI=1S/C72H114O6/c1-4-7-10-13-16-19-22-24-26-28-30-32-33-34-35-36-37-38-39-41-42-44-46-48-50-53-56-59-62-65-71(74)77-68-69(67-76-70(73)64-61-58-55-52-21-18-15-12-9-6-3)78-72(75)66-63-60-57-54-51-49-47-45-43-40-31-29-27-25-23-20-17-14-11-8-5-2/h7-8,10-12,15-17,19-20,24-27,30-32,34-35,37-38,40,45,47,51,54,69H,4-6,9,13-14,18,21-23,28-29,33,36,39,41-44,46,48-50,52-53,55-68H2,1-3H3/b10-7-,11-8-,15-12-,19-16-,20-17-,26-24-,27-25-,32-30-,35-34-,38-37-,40-31-,47-45-,54-51-. The Morgan fingerprint density at radius 2 is 0.500 bits per heavy atom. The van der Waals surface area contributed by atoms with Gasteiger partial charge in [0.1, 0.15) is 13.2 Å². The van der Waals surface area contributed by atoms with E-state index in [0.717, 1.165) is 154 Å². The molecule has 0 saturated heterocycles. The first-order chi connectivity index (χ1) is 38.5. The maximum absolute atomic E-state index is 12.9. The zero-order valence-electron chi connectivity index (χ0n) is 50.1. The lowest BCUT2D eigenvalue weighted by molar-refractivity contribution is -0.167. The van der Waals surface area contributed by atoms with Gasteiger partial charge in [0, 0.05) is 19.3 Å². The summed E-state index contributed by atoms with van der Waals surface area (Å²) in [4.78, 5) is 38.2. The van der Waals surface area contributed by atoms with Crippen molar-refractivity contribution in [2.45, 2.75) is 264 Å². The molecule has 0 N–H and O–H groups in total. The van der Waals surface area contributed by atoms with Gasteiger partial charge in [0.2, 0.25) is 0 Å². The summed E-state index contributed by atoms with van der Waals surface area (Å²) in [5, 5.41) is 0. The zero-order chi connectivity index (χ0) is 56.4. The molecule has 0 amide bonds. The molecule has 0 fully saturated rings. The Balaban J connectivity index is 4.34. The van der Waals surface area contributed by atoms with Crippen molar-refractivity contribution in [2.75, 3.05) is 13.2 Å². The van der Waals surface area contributed by atoms with E-state index in [1.165, 1.54) is 57.8 Å². The molecule has 0 radical (unpaired) electrons. The van der Waals surface area contributed by atoms with Gasteiger partial charge in [-0.3, -0.25) is 14.4 Å². The number of carbonyl (C=O) groups is 3. The normalized spacial score (nSPS) is 13.2. The van der Waals surface area contributed by atoms with E-state index in [1.807, 2.05) is 0 Å². The highest BCUT2D eigenvalue weighted by molar-refractivity contribution is 5.71. The van der Waals surface area contributed by atoms with Crippen LogP contribution in [0.3, 0.4) is 0 Å². The molecule has 1 atom stereocenters. The van der Waals surface area contributed by atoms with Crippen LogP contribution in [0.15, 0.2) is 158 Å². The summed E-state index contributed by atoms with van der Waals surface area (Å²) < 4.78 is 16.8. The second-order valence-electron chi connectivity index (χ2n) is 20.2. The van der Waals surface area contributed by atoms with Crippen LogP contribution in [0.1, 0.15) is 258 Å². The third-order valence-corrected chi connectivity index (χ3v) is 12.7. The average molecular weight is 1080 g/mol. The van der Waals surface area contributed by atoms with Crippen LogP contribution in [0.2, 0.25) is 0 Å². The number of unbranched alkanes of at least 4 members (excludes halogenated alkanes) is 18. The Morgan fingerprint density at radius 3 is 0.821 bits per heavy atom. The Kier molecular flexibility index (Phi) is 60.4. The molecule has 438 valence electrons. The highest BCUT2D eigenvalue weighted by atomic mass is 16.6. The Bertz CT molecular complexity index is 1760. The van der Waals surface area contributed by atoms with E-state index >= 15 is 0 Å². The van der Waals surface area contributed by atoms with E-state index in [9.17, 15) is 14.4 Å². The molecule has 0 aliphatic heterocycles. The number of ether oxygens (including phenoxy) is 3. The molecule has 0 aliphatic carbocycles. The third-order valence-electron chi connectivity index (χ3n) is 12.7. The molecule has 1 unspecified atom stereocenters. The van der Waals surface area contributed by atoms with Gasteiger partial charge < -0.3 is 14.2 Å². The monoisotopic (exact) mass is 1070 g/mol. The highest BCUT2D eigenvalue weighted by Crippen LogP contribution is 2.14. The van der Waals surface area contributed by atoms with Crippen LogP contribution in [0.5, 0.6) is 0 Å². The van der Waals surface area contributed by atoms with Gasteiger partial charge in [-0.2, -0.15) is 0 Å². The number of rotatable bonds is 55. The molecular weight excluding hydrogens is 961 g/mol. The lowest BCUT2D eigenvalue weighted by Crippen LogP contribution is -2.30. The fourth-order valence-corrected chi connectivity index (χ4v) is 8.10. The summed E-state index contributed by atoms with van der Waals surface area (Å²) in [7, 11) is 0. The van der Waals surface area contributed by atoms with Crippen molar-refractivity contribution in [3.63, 3.8) is 0 Å². The molecule has 0 saturated carbocycles.